The summed E-state index contributed by atoms with van der Waals surface area (Å²) in [5.41, 5.74) is 3.65. The maximum Gasteiger partial charge on any atom is 0.418 e. The van der Waals surface area contributed by atoms with E-state index < -0.39 is 23.2 Å². The van der Waals surface area contributed by atoms with Crippen LogP contribution in [0.1, 0.15) is 11.1 Å². The second kappa shape index (κ2) is 3.76. The monoisotopic (exact) mass is 271 g/mol. The molecule has 1 aromatic rings. The van der Waals surface area contributed by atoms with Gasteiger partial charge in [-0.25, -0.2) is 4.39 Å². The van der Waals surface area contributed by atoms with Gasteiger partial charge >= 0.3 is 6.18 Å². The maximum absolute atomic E-state index is 13.0. The molecule has 1 nitrogen and oxygen atoms in total. The summed E-state index contributed by atoms with van der Waals surface area (Å²) in [5.74, 6) is -0.914. The predicted octanol–water partition coefficient (Wildman–Crippen LogP) is 3.32. The molecule has 14 heavy (non-hydrogen) atoms. The summed E-state index contributed by atoms with van der Waals surface area (Å²) in [6, 6.07) is 1.39. The Morgan fingerprint density at radius 3 is 2.29 bits per heavy atom. The summed E-state index contributed by atoms with van der Waals surface area (Å²) in [4.78, 5) is 0. The van der Waals surface area contributed by atoms with Crippen LogP contribution in [0.25, 0.3) is 0 Å². The minimum atomic E-state index is -4.62. The number of halogens is 5. The number of nitrogen functional groups attached to an aromatic ring is 1. The zero-order chi connectivity index (χ0) is 10.9. The van der Waals surface area contributed by atoms with Crippen molar-refractivity contribution in [1.82, 2.24) is 0 Å². The molecule has 0 saturated carbocycles. The lowest BCUT2D eigenvalue weighted by Crippen LogP contribution is -2.10. The van der Waals surface area contributed by atoms with Crippen LogP contribution in [-0.2, 0) is 11.5 Å². The maximum atomic E-state index is 13.0. The summed E-state index contributed by atoms with van der Waals surface area (Å²) < 4.78 is 49.6. The highest BCUT2D eigenvalue weighted by Gasteiger charge is 2.33. The summed E-state index contributed by atoms with van der Waals surface area (Å²) >= 11 is 2.94. The van der Waals surface area contributed by atoms with Crippen LogP contribution in [0, 0.1) is 5.82 Å². The topological polar surface area (TPSA) is 26.0 Å². The van der Waals surface area contributed by atoms with E-state index in [-0.39, 0.29) is 10.9 Å². The lowest BCUT2D eigenvalue weighted by atomic mass is 10.1. The minimum Gasteiger partial charge on any atom is -0.398 e. The molecular formula is C8H6BrF4N. The van der Waals surface area contributed by atoms with E-state index in [4.69, 9.17) is 5.73 Å². The quantitative estimate of drug-likeness (QED) is 0.473. The zero-order valence-corrected chi connectivity index (χ0v) is 8.41. The Balaban J connectivity index is 3.29. The van der Waals surface area contributed by atoms with Gasteiger partial charge in [0.05, 0.1) is 5.56 Å². The molecule has 0 fully saturated rings. The molecule has 0 radical (unpaired) electrons. The highest BCUT2D eigenvalue weighted by Crippen LogP contribution is 2.35. The first-order valence-corrected chi connectivity index (χ1v) is 4.69. The Labute approximate surface area is 86.0 Å². The Bertz CT molecular complexity index is 348. The van der Waals surface area contributed by atoms with E-state index >= 15 is 0 Å². The number of nitrogens with two attached hydrogens (primary N) is 1. The number of alkyl halides is 4. The summed E-state index contributed by atoms with van der Waals surface area (Å²) in [6.45, 7) is 0. The third-order valence-corrected chi connectivity index (χ3v) is 2.27. The average Bonchev–Trinajstić information content (AvgIpc) is 2.06. The largest absolute Gasteiger partial charge is 0.418 e. The Morgan fingerprint density at radius 2 is 1.86 bits per heavy atom. The molecule has 0 atom stereocenters. The van der Waals surface area contributed by atoms with Crippen LogP contribution in [0.2, 0.25) is 0 Å². The fourth-order valence-electron chi connectivity index (χ4n) is 0.985. The van der Waals surface area contributed by atoms with Crippen molar-refractivity contribution in [3.05, 3.63) is 29.1 Å². The lowest BCUT2D eigenvalue weighted by molar-refractivity contribution is -0.137. The van der Waals surface area contributed by atoms with Crippen molar-refractivity contribution >= 4 is 21.6 Å². The van der Waals surface area contributed by atoms with Crippen LogP contribution in [0.5, 0.6) is 0 Å². The van der Waals surface area contributed by atoms with Crippen LogP contribution < -0.4 is 5.73 Å². The average molecular weight is 272 g/mol. The third-order valence-electron chi connectivity index (χ3n) is 1.67. The smallest absolute Gasteiger partial charge is 0.398 e. The van der Waals surface area contributed by atoms with Crippen molar-refractivity contribution in [3.8, 4) is 0 Å². The molecule has 6 heteroatoms. The zero-order valence-electron chi connectivity index (χ0n) is 6.83. The van der Waals surface area contributed by atoms with Crippen molar-refractivity contribution in [2.75, 3.05) is 5.73 Å². The summed E-state index contributed by atoms with van der Waals surface area (Å²) in [6.07, 6.45) is -4.62. The highest BCUT2D eigenvalue weighted by molar-refractivity contribution is 9.08. The van der Waals surface area contributed by atoms with Crippen LogP contribution >= 0.6 is 15.9 Å². The van der Waals surface area contributed by atoms with Gasteiger partial charge in [-0.15, -0.1) is 0 Å². The van der Waals surface area contributed by atoms with E-state index in [2.05, 4.69) is 15.9 Å². The van der Waals surface area contributed by atoms with Crippen molar-refractivity contribution < 1.29 is 17.6 Å². The van der Waals surface area contributed by atoms with Gasteiger partial charge in [-0.2, -0.15) is 13.2 Å². The molecule has 0 aliphatic heterocycles. The SMILES string of the molecule is Nc1cc(CBr)c(F)cc1C(F)(F)F. The van der Waals surface area contributed by atoms with Crippen LogP contribution in [-0.4, -0.2) is 0 Å². The molecule has 0 aromatic heterocycles. The molecule has 78 valence electrons. The second-order valence-electron chi connectivity index (χ2n) is 2.66. The van der Waals surface area contributed by atoms with Gasteiger partial charge in [0.15, 0.2) is 0 Å². The first kappa shape index (κ1) is 11.3. The molecule has 0 aliphatic rings. The van der Waals surface area contributed by atoms with Crippen LogP contribution in [0.4, 0.5) is 23.2 Å². The normalized spacial score (nSPS) is 11.8. The number of hydrogen-bond acceptors (Lipinski definition) is 1. The number of anilines is 1. The molecule has 1 aromatic carbocycles. The van der Waals surface area contributed by atoms with Gasteiger partial charge in [0, 0.05) is 16.6 Å². The summed E-state index contributed by atoms with van der Waals surface area (Å²) in [5, 5.41) is 0.126. The molecule has 0 amide bonds. The number of benzene rings is 1. The molecular weight excluding hydrogens is 266 g/mol. The van der Waals surface area contributed by atoms with Gasteiger partial charge in [-0.1, -0.05) is 15.9 Å². The van der Waals surface area contributed by atoms with Gasteiger partial charge in [0.2, 0.25) is 0 Å². The van der Waals surface area contributed by atoms with Crippen molar-refractivity contribution in [3.63, 3.8) is 0 Å². The first-order chi connectivity index (χ1) is 6.36. The fraction of sp³-hybridized carbons (Fsp3) is 0.250. The highest BCUT2D eigenvalue weighted by atomic mass is 79.9. The predicted molar refractivity (Wildman–Crippen MR) is 48.4 cm³/mol. The van der Waals surface area contributed by atoms with E-state index in [1.54, 1.807) is 0 Å². The summed E-state index contributed by atoms with van der Waals surface area (Å²) in [7, 11) is 0. The van der Waals surface area contributed by atoms with Gasteiger partial charge in [-0.3, -0.25) is 0 Å². The molecule has 0 saturated heterocycles. The Hall–Kier alpha value is -0.780. The minimum absolute atomic E-state index is 0.107. The van der Waals surface area contributed by atoms with Crippen molar-refractivity contribution in [2.45, 2.75) is 11.5 Å². The Morgan fingerprint density at radius 1 is 1.29 bits per heavy atom. The molecule has 0 spiro atoms. The molecule has 0 unspecified atom stereocenters. The fourth-order valence-corrected chi connectivity index (χ4v) is 1.41. The molecule has 0 aliphatic carbocycles. The van der Waals surface area contributed by atoms with Gasteiger partial charge in [0.25, 0.3) is 0 Å². The molecule has 0 bridgehead atoms. The number of hydrogen-bond donors (Lipinski definition) is 1. The van der Waals surface area contributed by atoms with Gasteiger partial charge in [0.1, 0.15) is 5.82 Å². The van der Waals surface area contributed by atoms with Crippen LogP contribution in [0.15, 0.2) is 12.1 Å². The van der Waals surface area contributed by atoms with Crippen molar-refractivity contribution in [2.24, 2.45) is 0 Å². The molecule has 0 heterocycles. The van der Waals surface area contributed by atoms with E-state index in [1.165, 1.54) is 0 Å². The van der Waals surface area contributed by atoms with Gasteiger partial charge < -0.3 is 5.73 Å². The molecule has 2 N–H and O–H groups in total. The lowest BCUT2D eigenvalue weighted by Gasteiger charge is -2.11. The number of rotatable bonds is 1. The van der Waals surface area contributed by atoms with Crippen molar-refractivity contribution in [1.29, 1.82) is 0 Å². The standard InChI is InChI=1S/C8H6BrF4N/c9-3-4-1-7(14)5(2-6(4)10)8(11,12)13/h1-2H,3,14H2. The molecule has 1 rings (SSSR count). The van der Waals surface area contributed by atoms with E-state index in [0.717, 1.165) is 6.07 Å². The van der Waals surface area contributed by atoms with E-state index in [1.807, 2.05) is 0 Å². The van der Waals surface area contributed by atoms with Crippen LogP contribution in [0.3, 0.4) is 0 Å². The van der Waals surface area contributed by atoms with Gasteiger partial charge in [-0.05, 0) is 12.1 Å². The van der Waals surface area contributed by atoms with E-state index in [9.17, 15) is 17.6 Å². The Kier molecular flexibility index (Phi) is 3.04. The van der Waals surface area contributed by atoms with E-state index in [0.29, 0.717) is 6.07 Å². The third kappa shape index (κ3) is 2.17. The first-order valence-electron chi connectivity index (χ1n) is 3.57. The second-order valence-corrected chi connectivity index (χ2v) is 3.22.